The largest absolute Gasteiger partial charge is 0.213 e. The molecule has 0 aliphatic carbocycles. The molecule has 82 valence electrons. The van der Waals surface area contributed by atoms with Crippen LogP contribution in [0.15, 0.2) is 60.9 Å². The van der Waals surface area contributed by atoms with Crippen molar-refractivity contribution in [3.05, 3.63) is 60.9 Å². The van der Waals surface area contributed by atoms with Gasteiger partial charge in [0.05, 0.1) is 11.9 Å². The van der Waals surface area contributed by atoms with Gasteiger partial charge in [-0.15, -0.1) is 5.10 Å². The lowest BCUT2D eigenvalue weighted by atomic mass is 10.1. The average Bonchev–Trinajstić information content (AvgIpc) is 2.90. The van der Waals surface area contributed by atoms with Gasteiger partial charge in [-0.1, -0.05) is 30.3 Å². The first kappa shape index (κ1) is 9.72. The lowest BCUT2D eigenvalue weighted by molar-refractivity contribution is 0.820. The summed E-state index contributed by atoms with van der Waals surface area (Å²) in [5, 5.41) is 12.2. The van der Waals surface area contributed by atoms with Crippen LogP contribution in [0.25, 0.3) is 17.1 Å². The first-order chi connectivity index (χ1) is 8.45. The zero-order chi connectivity index (χ0) is 11.5. The molecule has 0 spiro atoms. The maximum atomic E-state index is 4.28. The molecule has 4 heteroatoms. The van der Waals surface area contributed by atoms with Crippen LogP contribution in [0, 0.1) is 0 Å². The maximum Gasteiger partial charge on any atom is 0.176 e. The van der Waals surface area contributed by atoms with Gasteiger partial charge in [0.1, 0.15) is 0 Å². The Bertz CT molecular complexity index is 548. The van der Waals surface area contributed by atoms with Crippen molar-refractivity contribution < 1.29 is 0 Å². The SMILES string of the molecule is c1ccc(-c2ccnn2-c2cccnn2)cc1. The second-order valence-electron chi connectivity index (χ2n) is 3.58. The number of benzene rings is 1. The standard InChI is InChI=1S/C13H10N4/c1-2-5-11(6-3-1)12-8-10-15-17(12)13-7-4-9-14-16-13/h1-10H. The lowest BCUT2D eigenvalue weighted by Gasteiger charge is -2.05. The summed E-state index contributed by atoms with van der Waals surface area (Å²) in [5.74, 6) is 0.719. The van der Waals surface area contributed by atoms with Crippen LogP contribution in [0.2, 0.25) is 0 Å². The highest BCUT2D eigenvalue weighted by Gasteiger charge is 2.07. The highest BCUT2D eigenvalue weighted by atomic mass is 15.3. The van der Waals surface area contributed by atoms with E-state index in [9.17, 15) is 0 Å². The van der Waals surface area contributed by atoms with E-state index in [1.807, 2.05) is 48.5 Å². The Morgan fingerprint density at radius 2 is 1.71 bits per heavy atom. The minimum absolute atomic E-state index is 0.719. The maximum absolute atomic E-state index is 4.28. The molecule has 0 bridgehead atoms. The van der Waals surface area contributed by atoms with Crippen molar-refractivity contribution in [2.45, 2.75) is 0 Å². The number of hydrogen-bond donors (Lipinski definition) is 0. The topological polar surface area (TPSA) is 43.6 Å². The molecule has 0 amide bonds. The molecular formula is C13H10N4. The van der Waals surface area contributed by atoms with E-state index in [0.717, 1.165) is 17.1 Å². The number of aromatic nitrogens is 4. The van der Waals surface area contributed by atoms with Gasteiger partial charge in [-0.25, -0.2) is 4.68 Å². The number of rotatable bonds is 2. The summed E-state index contributed by atoms with van der Waals surface area (Å²) in [5.41, 5.74) is 2.11. The first-order valence-corrected chi connectivity index (χ1v) is 5.33. The molecule has 0 aliphatic rings. The van der Waals surface area contributed by atoms with Crippen LogP contribution in [0.5, 0.6) is 0 Å². The Labute approximate surface area is 98.6 Å². The molecule has 0 aliphatic heterocycles. The van der Waals surface area contributed by atoms with Crippen LogP contribution in [0.1, 0.15) is 0 Å². The quantitative estimate of drug-likeness (QED) is 0.668. The Balaban J connectivity index is 2.13. The molecule has 0 unspecified atom stereocenters. The Morgan fingerprint density at radius 1 is 0.824 bits per heavy atom. The van der Waals surface area contributed by atoms with E-state index in [0.29, 0.717) is 0 Å². The van der Waals surface area contributed by atoms with E-state index in [2.05, 4.69) is 15.3 Å². The van der Waals surface area contributed by atoms with E-state index in [1.54, 1.807) is 17.1 Å². The highest BCUT2D eigenvalue weighted by Crippen LogP contribution is 2.20. The molecule has 0 radical (unpaired) electrons. The van der Waals surface area contributed by atoms with Gasteiger partial charge in [-0.3, -0.25) is 0 Å². The van der Waals surface area contributed by atoms with E-state index < -0.39 is 0 Å². The molecule has 2 aromatic heterocycles. The summed E-state index contributed by atoms with van der Waals surface area (Å²) < 4.78 is 1.78. The van der Waals surface area contributed by atoms with Crippen molar-refractivity contribution in [1.29, 1.82) is 0 Å². The minimum atomic E-state index is 0.719. The molecule has 0 N–H and O–H groups in total. The fourth-order valence-corrected chi connectivity index (χ4v) is 1.72. The van der Waals surface area contributed by atoms with Crippen molar-refractivity contribution >= 4 is 0 Å². The minimum Gasteiger partial charge on any atom is -0.213 e. The molecule has 4 nitrogen and oxygen atoms in total. The van der Waals surface area contributed by atoms with E-state index >= 15 is 0 Å². The summed E-state index contributed by atoms with van der Waals surface area (Å²) in [6, 6.07) is 15.8. The second kappa shape index (κ2) is 4.17. The molecule has 1 aromatic carbocycles. The smallest absolute Gasteiger partial charge is 0.176 e. The Kier molecular flexibility index (Phi) is 2.38. The fourth-order valence-electron chi connectivity index (χ4n) is 1.72. The molecule has 2 heterocycles. The van der Waals surface area contributed by atoms with Crippen molar-refractivity contribution in [1.82, 2.24) is 20.0 Å². The molecule has 0 saturated heterocycles. The van der Waals surface area contributed by atoms with Gasteiger partial charge >= 0.3 is 0 Å². The van der Waals surface area contributed by atoms with Gasteiger partial charge in [-0.2, -0.15) is 10.2 Å². The monoisotopic (exact) mass is 222 g/mol. The molecule has 0 atom stereocenters. The van der Waals surface area contributed by atoms with Crippen LogP contribution >= 0.6 is 0 Å². The summed E-state index contributed by atoms with van der Waals surface area (Å²) in [6.07, 6.45) is 3.41. The van der Waals surface area contributed by atoms with Crippen LogP contribution < -0.4 is 0 Å². The normalized spacial score (nSPS) is 10.4. The predicted octanol–water partition coefficient (Wildman–Crippen LogP) is 2.33. The molecular weight excluding hydrogens is 212 g/mol. The van der Waals surface area contributed by atoms with Crippen LogP contribution in [0.3, 0.4) is 0 Å². The van der Waals surface area contributed by atoms with Crippen LogP contribution in [-0.2, 0) is 0 Å². The van der Waals surface area contributed by atoms with Crippen molar-refractivity contribution in [3.8, 4) is 17.1 Å². The van der Waals surface area contributed by atoms with Gasteiger partial charge in [0.25, 0.3) is 0 Å². The predicted molar refractivity (Wildman–Crippen MR) is 64.6 cm³/mol. The zero-order valence-corrected chi connectivity index (χ0v) is 9.06. The van der Waals surface area contributed by atoms with Crippen molar-refractivity contribution in [2.75, 3.05) is 0 Å². The highest BCUT2D eigenvalue weighted by molar-refractivity contribution is 5.60. The van der Waals surface area contributed by atoms with Crippen LogP contribution in [0.4, 0.5) is 0 Å². The van der Waals surface area contributed by atoms with Gasteiger partial charge in [0.15, 0.2) is 5.82 Å². The van der Waals surface area contributed by atoms with Gasteiger partial charge in [-0.05, 0) is 18.2 Å². The third-order valence-electron chi connectivity index (χ3n) is 2.49. The molecule has 3 aromatic rings. The Hall–Kier alpha value is -2.49. The van der Waals surface area contributed by atoms with Gasteiger partial charge < -0.3 is 0 Å². The van der Waals surface area contributed by atoms with E-state index in [4.69, 9.17) is 0 Å². The average molecular weight is 222 g/mol. The van der Waals surface area contributed by atoms with Crippen molar-refractivity contribution in [2.24, 2.45) is 0 Å². The zero-order valence-electron chi connectivity index (χ0n) is 9.06. The first-order valence-electron chi connectivity index (χ1n) is 5.33. The van der Waals surface area contributed by atoms with E-state index in [-0.39, 0.29) is 0 Å². The lowest BCUT2D eigenvalue weighted by Crippen LogP contribution is -2.02. The van der Waals surface area contributed by atoms with Gasteiger partial charge in [0, 0.05) is 11.8 Å². The van der Waals surface area contributed by atoms with Crippen LogP contribution in [-0.4, -0.2) is 20.0 Å². The second-order valence-corrected chi connectivity index (χ2v) is 3.58. The number of hydrogen-bond acceptors (Lipinski definition) is 3. The van der Waals surface area contributed by atoms with Crippen molar-refractivity contribution in [3.63, 3.8) is 0 Å². The van der Waals surface area contributed by atoms with E-state index in [1.165, 1.54) is 0 Å². The molecule has 0 fully saturated rings. The third-order valence-corrected chi connectivity index (χ3v) is 2.49. The molecule has 0 saturated carbocycles. The summed E-state index contributed by atoms with van der Waals surface area (Å²) in [6.45, 7) is 0. The third kappa shape index (κ3) is 1.80. The Morgan fingerprint density at radius 3 is 2.47 bits per heavy atom. The summed E-state index contributed by atoms with van der Waals surface area (Å²) in [4.78, 5) is 0. The number of nitrogens with zero attached hydrogens (tertiary/aromatic N) is 4. The molecule has 17 heavy (non-hydrogen) atoms. The summed E-state index contributed by atoms with van der Waals surface area (Å²) >= 11 is 0. The van der Waals surface area contributed by atoms with Gasteiger partial charge in [0.2, 0.25) is 0 Å². The summed E-state index contributed by atoms with van der Waals surface area (Å²) in [7, 11) is 0. The fraction of sp³-hybridized carbons (Fsp3) is 0. The molecule has 3 rings (SSSR count).